The minimum absolute atomic E-state index is 0.108. The Morgan fingerprint density at radius 3 is 2.35 bits per heavy atom. The van der Waals surface area contributed by atoms with Gasteiger partial charge in [0.05, 0.1) is 5.39 Å². The fourth-order valence-electron chi connectivity index (χ4n) is 2.09. The lowest BCUT2D eigenvalue weighted by Crippen LogP contribution is -2.00. The molecule has 0 fully saturated rings. The molecule has 1 aromatic heterocycles. The first-order valence-corrected chi connectivity index (χ1v) is 6.72. The second kappa shape index (κ2) is 4.68. The van der Waals surface area contributed by atoms with E-state index in [0.29, 0.717) is 33.7 Å². The summed E-state index contributed by atoms with van der Waals surface area (Å²) in [5.41, 5.74) is 13.7. The molecule has 3 aromatic rings. The minimum Gasteiger partial charge on any atom is -0.456 e. The van der Waals surface area contributed by atoms with Crippen LogP contribution < -0.4 is 16.9 Å². The van der Waals surface area contributed by atoms with E-state index in [9.17, 15) is 4.79 Å². The van der Waals surface area contributed by atoms with Crippen LogP contribution in [0, 0.1) is 0 Å². The molecule has 3 rings (SSSR count). The molecule has 100 valence electrons. The highest BCUT2D eigenvalue weighted by atomic mass is 79.9. The molecule has 0 unspecified atom stereocenters. The number of fused-ring (bicyclic) bond motifs is 1. The quantitative estimate of drug-likeness (QED) is 0.670. The standard InChI is InChI=1S/C15H11BrN2O2/c16-9-1-2-14-12(5-9)13(19)7-15(20-14)8-3-10(17)6-11(18)4-8/h1-7H,17-18H2. The van der Waals surface area contributed by atoms with Crippen LogP contribution in [0.4, 0.5) is 11.4 Å². The Hall–Kier alpha value is -2.27. The number of rotatable bonds is 1. The molecule has 0 atom stereocenters. The van der Waals surface area contributed by atoms with Gasteiger partial charge in [-0.15, -0.1) is 0 Å². The highest BCUT2D eigenvalue weighted by molar-refractivity contribution is 9.10. The van der Waals surface area contributed by atoms with Gasteiger partial charge >= 0.3 is 0 Å². The summed E-state index contributed by atoms with van der Waals surface area (Å²) in [5, 5.41) is 0.528. The highest BCUT2D eigenvalue weighted by Crippen LogP contribution is 2.27. The summed E-state index contributed by atoms with van der Waals surface area (Å²) < 4.78 is 6.59. The molecule has 0 aliphatic rings. The third-order valence-electron chi connectivity index (χ3n) is 2.95. The van der Waals surface area contributed by atoms with Crippen molar-refractivity contribution >= 4 is 38.3 Å². The summed E-state index contributed by atoms with van der Waals surface area (Å²) in [4.78, 5) is 12.2. The number of nitrogens with two attached hydrogens (primary N) is 2. The Bertz CT molecular complexity index is 851. The molecule has 5 heteroatoms. The summed E-state index contributed by atoms with van der Waals surface area (Å²) in [7, 11) is 0. The smallest absolute Gasteiger partial charge is 0.193 e. The summed E-state index contributed by atoms with van der Waals surface area (Å²) in [6.07, 6.45) is 0. The molecule has 1 heterocycles. The van der Waals surface area contributed by atoms with E-state index in [0.717, 1.165) is 4.47 Å². The number of nitrogen functional groups attached to an aromatic ring is 2. The molecule has 4 N–H and O–H groups in total. The molecule has 0 saturated heterocycles. The summed E-state index contributed by atoms with van der Waals surface area (Å²) in [5.74, 6) is 0.448. The van der Waals surface area contributed by atoms with Crippen molar-refractivity contribution < 1.29 is 4.42 Å². The monoisotopic (exact) mass is 330 g/mol. The van der Waals surface area contributed by atoms with Crippen molar-refractivity contribution in [2.24, 2.45) is 0 Å². The summed E-state index contributed by atoms with van der Waals surface area (Å²) in [6.45, 7) is 0. The van der Waals surface area contributed by atoms with E-state index in [1.165, 1.54) is 6.07 Å². The zero-order valence-corrected chi connectivity index (χ0v) is 12.0. The average Bonchev–Trinajstić information content (AvgIpc) is 2.38. The molecule has 0 saturated carbocycles. The zero-order valence-electron chi connectivity index (χ0n) is 10.4. The van der Waals surface area contributed by atoms with Crippen molar-refractivity contribution in [3.63, 3.8) is 0 Å². The van der Waals surface area contributed by atoms with Crippen LogP contribution in [-0.2, 0) is 0 Å². The van der Waals surface area contributed by atoms with Gasteiger partial charge in [0.15, 0.2) is 5.43 Å². The molecule has 0 aliphatic carbocycles. The third kappa shape index (κ3) is 2.28. The Morgan fingerprint density at radius 2 is 1.65 bits per heavy atom. The van der Waals surface area contributed by atoms with Crippen LogP contribution in [0.1, 0.15) is 0 Å². The van der Waals surface area contributed by atoms with E-state index in [1.54, 1.807) is 30.3 Å². The normalized spacial score (nSPS) is 10.8. The summed E-state index contributed by atoms with van der Waals surface area (Å²) >= 11 is 3.34. The van der Waals surface area contributed by atoms with Crippen molar-refractivity contribution in [3.8, 4) is 11.3 Å². The van der Waals surface area contributed by atoms with E-state index in [4.69, 9.17) is 15.9 Å². The van der Waals surface area contributed by atoms with E-state index < -0.39 is 0 Å². The van der Waals surface area contributed by atoms with Gasteiger partial charge in [0.25, 0.3) is 0 Å². The van der Waals surface area contributed by atoms with E-state index in [1.807, 2.05) is 6.07 Å². The second-order valence-corrected chi connectivity index (χ2v) is 5.42. The van der Waals surface area contributed by atoms with E-state index in [-0.39, 0.29) is 5.43 Å². The maximum absolute atomic E-state index is 12.2. The molecule has 4 nitrogen and oxygen atoms in total. The van der Waals surface area contributed by atoms with Gasteiger partial charge < -0.3 is 15.9 Å². The lowest BCUT2D eigenvalue weighted by atomic mass is 10.1. The maximum Gasteiger partial charge on any atom is 0.193 e. The fraction of sp³-hybridized carbons (Fsp3) is 0. The molecule has 20 heavy (non-hydrogen) atoms. The van der Waals surface area contributed by atoms with Crippen LogP contribution in [0.3, 0.4) is 0 Å². The van der Waals surface area contributed by atoms with Crippen LogP contribution >= 0.6 is 15.9 Å². The number of benzene rings is 2. The third-order valence-corrected chi connectivity index (χ3v) is 3.44. The molecule has 0 aliphatic heterocycles. The van der Waals surface area contributed by atoms with Gasteiger partial charge in [0.1, 0.15) is 11.3 Å². The number of halogens is 1. The number of anilines is 2. The maximum atomic E-state index is 12.2. The SMILES string of the molecule is Nc1cc(N)cc(-c2cc(=O)c3cc(Br)ccc3o2)c1. The predicted octanol–water partition coefficient (Wildman–Crippen LogP) is 3.39. The van der Waals surface area contributed by atoms with Crippen LogP contribution in [0.15, 0.2) is 56.1 Å². The van der Waals surface area contributed by atoms with Crippen molar-refractivity contribution in [1.29, 1.82) is 0 Å². The lowest BCUT2D eigenvalue weighted by molar-refractivity contribution is 0.619. The van der Waals surface area contributed by atoms with Crippen LogP contribution in [0.25, 0.3) is 22.3 Å². The Morgan fingerprint density at radius 1 is 0.950 bits per heavy atom. The van der Waals surface area contributed by atoms with Crippen molar-refractivity contribution in [1.82, 2.24) is 0 Å². The zero-order chi connectivity index (χ0) is 14.3. The molecule has 0 radical (unpaired) electrons. The Balaban J connectivity index is 2.27. The van der Waals surface area contributed by atoms with Crippen molar-refractivity contribution in [2.75, 3.05) is 11.5 Å². The first-order valence-electron chi connectivity index (χ1n) is 5.93. The molecule has 0 spiro atoms. The van der Waals surface area contributed by atoms with E-state index >= 15 is 0 Å². The molecule has 2 aromatic carbocycles. The Labute approximate surface area is 123 Å². The van der Waals surface area contributed by atoms with Crippen LogP contribution in [-0.4, -0.2) is 0 Å². The first-order chi connectivity index (χ1) is 9.52. The largest absolute Gasteiger partial charge is 0.456 e. The summed E-state index contributed by atoms with van der Waals surface area (Å²) in [6, 6.07) is 11.9. The fourth-order valence-corrected chi connectivity index (χ4v) is 2.45. The molecular formula is C15H11BrN2O2. The number of hydrogen-bond acceptors (Lipinski definition) is 4. The van der Waals surface area contributed by atoms with Crippen molar-refractivity contribution in [3.05, 3.63) is 57.2 Å². The first kappa shape index (κ1) is 12.7. The van der Waals surface area contributed by atoms with Gasteiger partial charge in [0, 0.05) is 27.5 Å². The topological polar surface area (TPSA) is 82.2 Å². The predicted molar refractivity (Wildman–Crippen MR) is 84.4 cm³/mol. The van der Waals surface area contributed by atoms with Crippen LogP contribution in [0.5, 0.6) is 0 Å². The van der Waals surface area contributed by atoms with Gasteiger partial charge in [-0.2, -0.15) is 0 Å². The van der Waals surface area contributed by atoms with Crippen LogP contribution in [0.2, 0.25) is 0 Å². The molecule has 0 amide bonds. The minimum atomic E-state index is -0.108. The second-order valence-electron chi connectivity index (χ2n) is 4.50. The van der Waals surface area contributed by atoms with E-state index in [2.05, 4.69) is 15.9 Å². The van der Waals surface area contributed by atoms with Gasteiger partial charge in [-0.05, 0) is 36.4 Å². The lowest BCUT2D eigenvalue weighted by Gasteiger charge is -2.06. The average molecular weight is 331 g/mol. The van der Waals surface area contributed by atoms with Crippen molar-refractivity contribution in [2.45, 2.75) is 0 Å². The molecular weight excluding hydrogens is 320 g/mol. The molecule has 0 bridgehead atoms. The van der Waals surface area contributed by atoms with Gasteiger partial charge in [-0.3, -0.25) is 4.79 Å². The number of hydrogen-bond donors (Lipinski definition) is 2. The van der Waals surface area contributed by atoms with Gasteiger partial charge in [-0.25, -0.2) is 0 Å². The van der Waals surface area contributed by atoms with Gasteiger partial charge in [-0.1, -0.05) is 15.9 Å². The van der Waals surface area contributed by atoms with Gasteiger partial charge in [0.2, 0.25) is 0 Å². The Kier molecular flexibility index (Phi) is 2.99. The highest BCUT2D eigenvalue weighted by Gasteiger charge is 2.08.